The van der Waals surface area contributed by atoms with E-state index in [-0.39, 0.29) is 11.9 Å². The zero-order valence-corrected chi connectivity index (χ0v) is 12.3. The summed E-state index contributed by atoms with van der Waals surface area (Å²) in [5, 5.41) is 20.5. The molecule has 1 rings (SSSR count). The quantitative estimate of drug-likeness (QED) is 0.739. The van der Waals surface area contributed by atoms with Crippen molar-refractivity contribution in [2.45, 2.75) is 71.7 Å². The molecule has 1 aliphatic rings. The van der Waals surface area contributed by atoms with Gasteiger partial charge in [-0.3, -0.25) is 4.79 Å². The fraction of sp³-hybridized carbons (Fsp3) is 0.929. The van der Waals surface area contributed by atoms with Crippen molar-refractivity contribution in [3.8, 4) is 0 Å². The van der Waals surface area contributed by atoms with Gasteiger partial charge in [-0.2, -0.15) is 0 Å². The van der Waals surface area contributed by atoms with Gasteiger partial charge in [0.2, 0.25) is 0 Å². The Labute approximate surface area is 109 Å². The molecule has 4 heteroatoms. The van der Waals surface area contributed by atoms with Crippen LogP contribution < -0.4 is 0 Å². The number of aliphatic hydroxyl groups is 2. The van der Waals surface area contributed by atoms with Gasteiger partial charge in [0.05, 0.1) is 22.5 Å². The van der Waals surface area contributed by atoms with Crippen molar-refractivity contribution >= 4 is 5.97 Å². The summed E-state index contributed by atoms with van der Waals surface area (Å²) in [6.07, 6.45) is 0.824. The molecule has 2 atom stereocenters. The van der Waals surface area contributed by atoms with Gasteiger partial charge in [0.1, 0.15) is 6.10 Å². The van der Waals surface area contributed by atoms with E-state index >= 15 is 0 Å². The van der Waals surface area contributed by atoms with Gasteiger partial charge in [0, 0.05) is 0 Å². The van der Waals surface area contributed by atoms with E-state index in [0.717, 1.165) is 6.42 Å². The first-order chi connectivity index (χ1) is 7.97. The predicted molar refractivity (Wildman–Crippen MR) is 69.0 cm³/mol. The summed E-state index contributed by atoms with van der Waals surface area (Å²) in [4.78, 5) is 11.8. The highest BCUT2D eigenvalue weighted by Crippen LogP contribution is 2.62. The predicted octanol–water partition coefficient (Wildman–Crippen LogP) is 1.88. The minimum absolute atomic E-state index is 0.146. The number of hydrogen-bond acceptors (Lipinski definition) is 4. The molecule has 0 heterocycles. The van der Waals surface area contributed by atoms with E-state index in [1.165, 1.54) is 0 Å². The van der Waals surface area contributed by atoms with Gasteiger partial charge in [0.15, 0.2) is 0 Å². The van der Waals surface area contributed by atoms with Gasteiger partial charge in [-0.1, -0.05) is 13.8 Å². The monoisotopic (exact) mass is 258 g/mol. The standard InChI is InChI=1S/C14H26O4/c1-7-9(2)11(15)18-10-8-14(10,12(3,4)16)13(5,6)17/h9-10,16-17H,7-8H2,1-6H3. The molecule has 1 aliphatic carbocycles. The highest BCUT2D eigenvalue weighted by molar-refractivity contribution is 5.72. The van der Waals surface area contributed by atoms with Gasteiger partial charge in [0.25, 0.3) is 0 Å². The Bertz CT molecular complexity index is 308. The maximum absolute atomic E-state index is 11.8. The van der Waals surface area contributed by atoms with Crippen molar-refractivity contribution in [1.82, 2.24) is 0 Å². The second-order valence-electron chi connectivity index (χ2n) is 6.53. The van der Waals surface area contributed by atoms with E-state index in [0.29, 0.717) is 6.42 Å². The molecule has 4 nitrogen and oxygen atoms in total. The van der Waals surface area contributed by atoms with Crippen molar-refractivity contribution in [2.75, 3.05) is 0 Å². The molecule has 0 aliphatic heterocycles. The molecule has 0 aromatic rings. The van der Waals surface area contributed by atoms with Crippen LogP contribution >= 0.6 is 0 Å². The van der Waals surface area contributed by atoms with Crippen LogP contribution in [-0.4, -0.2) is 33.5 Å². The van der Waals surface area contributed by atoms with E-state index in [4.69, 9.17) is 4.74 Å². The highest BCUT2D eigenvalue weighted by Gasteiger charge is 2.72. The van der Waals surface area contributed by atoms with Crippen molar-refractivity contribution in [2.24, 2.45) is 11.3 Å². The molecule has 0 radical (unpaired) electrons. The molecule has 1 fully saturated rings. The summed E-state index contributed by atoms with van der Waals surface area (Å²) in [5.74, 6) is -0.398. The van der Waals surface area contributed by atoms with Gasteiger partial charge in [-0.05, 0) is 40.5 Å². The number of hydrogen-bond donors (Lipinski definition) is 2. The number of carbonyl (C=O) groups excluding carboxylic acids is 1. The van der Waals surface area contributed by atoms with Crippen molar-refractivity contribution in [3.05, 3.63) is 0 Å². The van der Waals surface area contributed by atoms with E-state index in [1.54, 1.807) is 27.7 Å². The molecule has 0 bridgehead atoms. The highest BCUT2D eigenvalue weighted by atomic mass is 16.6. The molecule has 0 amide bonds. The Balaban J connectivity index is 2.82. The van der Waals surface area contributed by atoms with E-state index in [9.17, 15) is 15.0 Å². The summed E-state index contributed by atoms with van der Waals surface area (Å²) >= 11 is 0. The van der Waals surface area contributed by atoms with Crippen LogP contribution in [0, 0.1) is 11.3 Å². The second-order valence-corrected chi connectivity index (χ2v) is 6.53. The molecule has 2 N–H and O–H groups in total. The summed E-state index contributed by atoms with van der Waals surface area (Å²) in [7, 11) is 0. The van der Waals surface area contributed by atoms with Crippen LogP contribution in [0.2, 0.25) is 0 Å². The number of ether oxygens (including phenoxy) is 1. The van der Waals surface area contributed by atoms with E-state index in [1.807, 2.05) is 13.8 Å². The van der Waals surface area contributed by atoms with Crippen molar-refractivity contribution in [1.29, 1.82) is 0 Å². The Hall–Kier alpha value is -0.610. The molecular weight excluding hydrogens is 232 g/mol. The third kappa shape index (κ3) is 2.41. The van der Waals surface area contributed by atoms with Crippen LogP contribution in [-0.2, 0) is 9.53 Å². The number of esters is 1. The van der Waals surface area contributed by atoms with Gasteiger partial charge < -0.3 is 14.9 Å². The average Bonchev–Trinajstić information content (AvgIpc) is 2.90. The molecule has 2 unspecified atom stereocenters. The molecule has 0 saturated heterocycles. The van der Waals surface area contributed by atoms with Gasteiger partial charge in [-0.15, -0.1) is 0 Å². The Morgan fingerprint density at radius 2 is 1.78 bits per heavy atom. The van der Waals surface area contributed by atoms with Gasteiger partial charge in [-0.25, -0.2) is 0 Å². The lowest BCUT2D eigenvalue weighted by Crippen LogP contribution is -2.50. The smallest absolute Gasteiger partial charge is 0.308 e. The summed E-state index contributed by atoms with van der Waals surface area (Å²) < 4.78 is 5.42. The minimum Gasteiger partial charge on any atom is -0.461 e. The topological polar surface area (TPSA) is 66.8 Å². The maximum Gasteiger partial charge on any atom is 0.308 e. The Kier molecular flexibility index (Phi) is 3.86. The fourth-order valence-corrected chi connectivity index (χ4v) is 2.83. The lowest BCUT2D eigenvalue weighted by Gasteiger charge is -2.39. The van der Waals surface area contributed by atoms with E-state index in [2.05, 4.69) is 0 Å². The lowest BCUT2D eigenvalue weighted by atomic mass is 9.75. The first kappa shape index (κ1) is 15.4. The summed E-state index contributed by atoms with van der Waals surface area (Å²) in [6.45, 7) is 10.4. The molecule has 1 saturated carbocycles. The van der Waals surface area contributed by atoms with Crippen LogP contribution in [0.25, 0.3) is 0 Å². The SMILES string of the molecule is CCC(C)C(=O)OC1CC1(C(C)(C)O)C(C)(C)O. The number of carbonyl (C=O) groups is 1. The molecule has 106 valence electrons. The summed E-state index contributed by atoms with van der Waals surface area (Å²) in [5.41, 5.74) is -2.96. The Morgan fingerprint density at radius 1 is 1.33 bits per heavy atom. The largest absolute Gasteiger partial charge is 0.461 e. The van der Waals surface area contributed by atoms with Crippen LogP contribution in [0.5, 0.6) is 0 Å². The normalized spacial score (nSPS) is 24.6. The third-order valence-corrected chi connectivity index (χ3v) is 4.35. The first-order valence-corrected chi connectivity index (χ1v) is 6.62. The zero-order valence-electron chi connectivity index (χ0n) is 12.3. The maximum atomic E-state index is 11.8. The third-order valence-electron chi connectivity index (χ3n) is 4.35. The van der Waals surface area contributed by atoms with Crippen LogP contribution in [0.1, 0.15) is 54.4 Å². The molecular formula is C14H26O4. The molecule has 0 aromatic heterocycles. The molecule has 0 aromatic carbocycles. The fourth-order valence-electron chi connectivity index (χ4n) is 2.83. The number of rotatable bonds is 5. The average molecular weight is 258 g/mol. The lowest BCUT2D eigenvalue weighted by molar-refractivity contribution is -0.162. The van der Waals surface area contributed by atoms with Crippen molar-refractivity contribution < 1.29 is 19.7 Å². The van der Waals surface area contributed by atoms with E-state index < -0.39 is 22.7 Å². The second kappa shape index (κ2) is 4.49. The van der Waals surface area contributed by atoms with Crippen molar-refractivity contribution in [3.63, 3.8) is 0 Å². The minimum atomic E-state index is -1.09. The molecule has 0 spiro atoms. The zero-order chi connectivity index (χ0) is 14.4. The first-order valence-electron chi connectivity index (χ1n) is 6.62. The van der Waals surface area contributed by atoms with Gasteiger partial charge >= 0.3 is 5.97 Å². The van der Waals surface area contributed by atoms with Crippen LogP contribution in [0.15, 0.2) is 0 Å². The Morgan fingerprint density at radius 3 is 2.06 bits per heavy atom. The van der Waals surface area contributed by atoms with Crippen LogP contribution in [0.4, 0.5) is 0 Å². The summed E-state index contributed by atoms with van der Waals surface area (Å²) in [6, 6.07) is 0. The molecule has 18 heavy (non-hydrogen) atoms. The van der Waals surface area contributed by atoms with Crippen LogP contribution in [0.3, 0.4) is 0 Å².